The molecular weight excluding hydrogens is 274 g/mol. The molecule has 0 aliphatic heterocycles. The first-order valence-electron chi connectivity index (χ1n) is 5.07. The van der Waals surface area contributed by atoms with Gasteiger partial charge in [0.25, 0.3) is 0 Å². The van der Waals surface area contributed by atoms with Crippen molar-refractivity contribution in [3.05, 3.63) is 33.8 Å². The molecule has 0 saturated carbocycles. The number of rotatable bonds is 6. The summed E-state index contributed by atoms with van der Waals surface area (Å²) in [5.41, 5.74) is 0.815. The lowest BCUT2D eigenvalue weighted by molar-refractivity contribution is 0.0702. The van der Waals surface area contributed by atoms with Gasteiger partial charge in [0.15, 0.2) is 5.76 Å². The van der Waals surface area contributed by atoms with Crippen molar-refractivity contribution in [2.75, 3.05) is 7.11 Å². The second-order valence-electron chi connectivity index (χ2n) is 3.46. The first-order chi connectivity index (χ1) is 8.69. The average Bonchev–Trinajstić information content (AvgIpc) is 2.95. The maximum atomic E-state index is 10.7. The summed E-state index contributed by atoms with van der Waals surface area (Å²) in [5, 5.41) is 14.5. The number of nitrogens with zero attached hydrogens (tertiary/aromatic N) is 1. The Bertz CT molecular complexity index is 535. The molecule has 2 rings (SSSR count). The lowest BCUT2D eigenvalue weighted by atomic mass is 10.4. The van der Waals surface area contributed by atoms with Crippen molar-refractivity contribution in [1.82, 2.24) is 5.16 Å². The van der Waals surface area contributed by atoms with Crippen LogP contribution in [0.15, 0.2) is 26.9 Å². The van der Waals surface area contributed by atoms with E-state index in [2.05, 4.69) is 5.16 Å². The number of aromatic nitrogens is 1. The highest BCUT2D eigenvalue weighted by Crippen LogP contribution is 2.27. The van der Waals surface area contributed by atoms with Gasteiger partial charge in [-0.25, -0.2) is 4.79 Å². The Kier molecular flexibility index (Phi) is 4.40. The molecule has 2 aromatic rings. The van der Waals surface area contributed by atoms with E-state index >= 15 is 0 Å². The zero-order valence-corrected chi connectivity index (χ0v) is 11.2. The fourth-order valence-corrected chi connectivity index (χ4v) is 3.05. The molecule has 96 valence electrons. The minimum Gasteiger partial charge on any atom is -0.477 e. The molecule has 0 radical (unpaired) electrons. The molecule has 0 aliphatic carbocycles. The summed E-state index contributed by atoms with van der Waals surface area (Å²) in [4.78, 5) is 12.0. The van der Waals surface area contributed by atoms with E-state index in [9.17, 15) is 4.79 Å². The number of carboxylic acid groups (broad SMARTS) is 1. The van der Waals surface area contributed by atoms with E-state index in [1.54, 1.807) is 13.2 Å². The maximum Gasteiger partial charge on any atom is 0.345 e. The van der Waals surface area contributed by atoms with Crippen molar-refractivity contribution in [3.8, 4) is 0 Å². The van der Waals surface area contributed by atoms with E-state index in [1.165, 1.54) is 23.1 Å². The number of hydrogen-bond acceptors (Lipinski definition) is 6. The van der Waals surface area contributed by atoms with Crippen molar-refractivity contribution in [2.24, 2.45) is 0 Å². The predicted molar refractivity (Wildman–Crippen MR) is 68.1 cm³/mol. The first-order valence-corrected chi connectivity index (χ1v) is 6.93. The number of hydrogen-bond donors (Lipinski definition) is 1. The number of thiophene rings is 1. The van der Waals surface area contributed by atoms with Crippen molar-refractivity contribution in [1.29, 1.82) is 0 Å². The summed E-state index contributed by atoms with van der Waals surface area (Å²) in [6.07, 6.45) is 0. The zero-order valence-electron chi connectivity index (χ0n) is 9.58. The van der Waals surface area contributed by atoms with Crippen LogP contribution in [0.25, 0.3) is 0 Å². The summed E-state index contributed by atoms with van der Waals surface area (Å²) in [6.45, 7) is 0.402. The molecule has 0 spiro atoms. The predicted octanol–water partition coefficient (Wildman–Crippen LogP) is 2.87. The highest BCUT2D eigenvalue weighted by atomic mass is 32.2. The molecule has 1 N–H and O–H groups in total. The third kappa shape index (κ3) is 3.34. The second-order valence-corrected chi connectivity index (χ2v) is 5.42. The molecule has 0 amide bonds. The lowest BCUT2D eigenvalue weighted by Gasteiger charge is -1.92. The maximum absolute atomic E-state index is 10.7. The van der Waals surface area contributed by atoms with Crippen LogP contribution in [0.1, 0.15) is 21.1 Å². The molecule has 2 heterocycles. The summed E-state index contributed by atoms with van der Waals surface area (Å²) in [7, 11) is 1.59. The van der Waals surface area contributed by atoms with Gasteiger partial charge >= 0.3 is 5.97 Å². The molecule has 5 nitrogen and oxygen atoms in total. The largest absolute Gasteiger partial charge is 0.477 e. The second kappa shape index (κ2) is 6.03. The Morgan fingerprint density at radius 3 is 3.11 bits per heavy atom. The summed E-state index contributed by atoms with van der Waals surface area (Å²) < 4.78 is 9.99. The van der Waals surface area contributed by atoms with Gasteiger partial charge in [-0.1, -0.05) is 5.16 Å². The smallest absolute Gasteiger partial charge is 0.345 e. The quantitative estimate of drug-likeness (QED) is 0.823. The number of carboxylic acids is 1. The van der Waals surface area contributed by atoms with Crippen molar-refractivity contribution in [3.63, 3.8) is 0 Å². The third-order valence-electron chi connectivity index (χ3n) is 2.07. The molecule has 2 aromatic heterocycles. The number of aromatic carboxylic acids is 1. The standard InChI is InChI=1S/C11H11NO4S2/c1-15-4-8-2-7(12-16-8)5-17-9-3-10(11(13)14)18-6-9/h2-3,6H,4-5H2,1H3,(H,13,14). The van der Waals surface area contributed by atoms with E-state index in [0.717, 1.165) is 10.6 Å². The normalized spacial score (nSPS) is 10.7. The van der Waals surface area contributed by atoms with Crippen LogP contribution in [-0.4, -0.2) is 23.3 Å². The van der Waals surface area contributed by atoms with Crippen LogP contribution in [0.3, 0.4) is 0 Å². The van der Waals surface area contributed by atoms with Crippen molar-refractivity contribution in [2.45, 2.75) is 17.3 Å². The zero-order chi connectivity index (χ0) is 13.0. The third-order valence-corrected chi connectivity index (χ3v) is 4.14. The van der Waals surface area contributed by atoms with Crippen LogP contribution < -0.4 is 0 Å². The minimum absolute atomic E-state index is 0.345. The molecule has 0 aliphatic rings. The first kappa shape index (κ1) is 13.1. The van der Waals surface area contributed by atoms with Gasteiger partial charge in [0.2, 0.25) is 0 Å². The van der Waals surface area contributed by atoms with E-state index < -0.39 is 5.97 Å². The van der Waals surface area contributed by atoms with E-state index in [0.29, 0.717) is 23.0 Å². The van der Waals surface area contributed by atoms with Gasteiger partial charge in [0.05, 0.1) is 5.69 Å². The number of ether oxygens (including phenoxy) is 1. The number of methoxy groups -OCH3 is 1. The number of thioether (sulfide) groups is 1. The number of carbonyl (C=O) groups is 1. The van der Waals surface area contributed by atoms with Crippen LogP contribution in [-0.2, 0) is 17.1 Å². The fourth-order valence-electron chi connectivity index (χ4n) is 1.30. The Labute approximate surface area is 112 Å². The van der Waals surface area contributed by atoms with Gasteiger partial charge in [-0.2, -0.15) is 0 Å². The van der Waals surface area contributed by atoms with Crippen LogP contribution in [0, 0.1) is 0 Å². The van der Waals surface area contributed by atoms with E-state index in [4.69, 9.17) is 14.4 Å². The molecule has 0 atom stereocenters. The Hall–Kier alpha value is -1.31. The SMILES string of the molecule is COCc1cc(CSc2csc(C(=O)O)c2)no1. The topological polar surface area (TPSA) is 72.6 Å². The monoisotopic (exact) mass is 285 g/mol. The molecule has 0 bridgehead atoms. The average molecular weight is 285 g/mol. The van der Waals surface area contributed by atoms with Crippen molar-refractivity contribution < 1.29 is 19.2 Å². The van der Waals surface area contributed by atoms with Gasteiger partial charge < -0.3 is 14.4 Å². The molecule has 0 aromatic carbocycles. The van der Waals surface area contributed by atoms with Gasteiger partial charge in [0.1, 0.15) is 11.5 Å². The molecule has 0 saturated heterocycles. The van der Waals surface area contributed by atoms with E-state index in [-0.39, 0.29) is 0 Å². The molecular formula is C11H11NO4S2. The molecule has 0 fully saturated rings. The van der Waals surface area contributed by atoms with Gasteiger partial charge in [-0.05, 0) is 6.07 Å². The minimum atomic E-state index is -0.893. The van der Waals surface area contributed by atoms with Gasteiger partial charge in [0, 0.05) is 29.2 Å². The molecule has 0 unspecified atom stereocenters. The molecule has 7 heteroatoms. The summed E-state index contributed by atoms with van der Waals surface area (Å²) in [5.74, 6) is 0.434. The molecule has 18 heavy (non-hydrogen) atoms. The Morgan fingerprint density at radius 1 is 1.61 bits per heavy atom. The van der Waals surface area contributed by atoms with Crippen LogP contribution in [0.4, 0.5) is 0 Å². The fraction of sp³-hybridized carbons (Fsp3) is 0.273. The highest BCUT2D eigenvalue weighted by molar-refractivity contribution is 7.98. The Morgan fingerprint density at radius 2 is 2.44 bits per heavy atom. The van der Waals surface area contributed by atoms with Crippen LogP contribution in [0.5, 0.6) is 0 Å². The van der Waals surface area contributed by atoms with Crippen LogP contribution in [0.2, 0.25) is 0 Å². The van der Waals surface area contributed by atoms with Crippen molar-refractivity contribution >= 4 is 29.1 Å². The lowest BCUT2D eigenvalue weighted by Crippen LogP contribution is -1.89. The van der Waals surface area contributed by atoms with Crippen LogP contribution >= 0.6 is 23.1 Å². The Balaban J connectivity index is 1.91. The summed E-state index contributed by atoms with van der Waals surface area (Å²) in [6, 6.07) is 3.49. The van der Waals surface area contributed by atoms with E-state index in [1.807, 2.05) is 11.4 Å². The summed E-state index contributed by atoms with van der Waals surface area (Å²) >= 11 is 2.75. The van der Waals surface area contributed by atoms with Gasteiger partial charge in [-0.15, -0.1) is 23.1 Å². The highest BCUT2D eigenvalue weighted by Gasteiger charge is 2.09. The van der Waals surface area contributed by atoms with Gasteiger partial charge in [-0.3, -0.25) is 0 Å².